The van der Waals surface area contributed by atoms with E-state index in [1.165, 1.54) is 6.92 Å². The van der Waals surface area contributed by atoms with Crippen molar-refractivity contribution in [3.8, 4) is 0 Å². The summed E-state index contributed by atoms with van der Waals surface area (Å²) in [7, 11) is -3.61. The Morgan fingerprint density at radius 3 is 2.09 bits per heavy atom. The Balaban J connectivity index is 1.91. The summed E-state index contributed by atoms with van der Waals surface area (Å²) in [6, 6.07) is 10.5. The first kappa shape index (κ1) is 15.6. The van der Waals surface area contributed by atoms with E-state index in [-0.39, 0.29) is 18.9 Å². The van der Waals surface area contributed by atoms with Gasteiger partial charge < -0.3 is 0 Å². The molecule has 2 aromatic carbocycles. The number of carbonyl (C=O) groups is 2. The van der Waals surface area contributed by atoms with Crippen LogP contribution in [0.15, 0.2) is 36.4 Å². The molecular formula is C16H15NO5S. The molecule has 2 aromatic rings. The van der Waals surface area contributed by atoms with Gasteiger partial charge in [0, 0.05) is 16.5 Å². The summed E-state index contributed by atoms with van der Waals surface area (Å²) >= 11 is 0. The minimum atomic E-state index is -3.61. The van der Waals surface area contributed by atoms with E-state index in [1.807, 2.05) is 12.1 Å². The number of hydrogen-bond acceptors (Lipinski definition) is 5. The summed E-state index contributed by atoms with van der Waals surface area (Å²) in [4.78, 5) is 26.1. The Labute approximate surface area is 133 Å². The molecule has 0 spiro atoms. The lowest BCUT2D eigenvalue weighted by atomic mass is 9.94. The van der Waals surface area contributed by atoms with Gasteiger partial charge in [-0.15, -0.1) is 0 Å². The van der Waals surface area contributed by atoms with E-state index in [9.17, 15) is 18.0 Å². The van der Waals surface area contributed by atoms with E-state index in [2.05, 4.69) is 0 Å². The van der Waals surface area contributed by atoms with Crippen molar-refractivity contribution in [3.05, 3.63) is 47.5 Å². The fraction of sp³-hybridized carbons (Fsp3) is 0.250. The second kappa shape index (κ2) is 5.75. The van der Waals surface area contributed by atoms with Crippen molar-refractivity contribution in [3.63, 3.8) is 0 Å². The third-order valence-electron chi connectivity index (χ3n) is 3.79. The monoisotopic (exact) mass is 333 g/mol. The van der Waals surface area contributed by atoms with E-state index in [0.29, 0.717) is 16.5 Å². The highest BCUT2D eigenvalue weighted by Gasteiger charge is 2.32. The molecular weight excluding hydrogens is 318 g/mol. The Morgan fingerprint density at radius 2 is 1.57 bits per heavy atom. The van der Waals surface area contributed by atoms with Crippen LogP contribution in [0.25, 0.3) is 10.8 Å². The Hall–Kier alpha value is -2.25. The number of benzene rings is 2. The number of rotatable bonds is 5. The molecule has 1 heterocycles. The third kappa shape index (κ3) is 2.73. The van der Waals surface area contributed by atoms with Gasteiger partial charge in [-0.3, -0.25) is 18.7 Å². The Morgan fingerprint density at radius 1 is 1.00 bits per heavy atom. The summed E-state index contributed by atoms with van der Waals surface area (Å²) in [5.41, 5.74) is 0.882. The van der Waals surface area contributed by atoms with Crippen LogP contribution < -0.4 is 0 Å². The predicted molar refractivity (Wildman–Crippen MR) is 84.7 cm³/mol. The molecule has 1 aliphatic heterocycles. The summed E-state index contributed by atoms with van der Waals surface area (Å²) in [6.07, 6.45) is 0. The van der Waals surface area contributed by atoms with Gasteiger partial charge in [-0.05, 0) is 24.4 Å². The second-order valence-corrected chi connectivity index (χ2v) is 7.07. The molecule has 2 amide bonds. The molecule has 3 rings (SSSR count). The molecule has 1 aliphatic rings. The molecule has 0 saturated carbocycles. The highest BCUT2D eigenvalue weighted by Crippen LogP contribution is 2.29. The molecule has 120 valence electrons. The van der Waals surface area contributed by atoms with E-state index in [1.54, 1.807) is 24.3 Å². The van der Waals surface area contributed by atoms with Gasteiger partial charge in [0.2, 0.25) is 0 Å². The van der Waals surface area contributed by atoms with Crippen molar-refractivity contribution in [2.45, 2.75) is 6.92 Å². The quantitative estimate of drug-likeness (QED) is 0.616. The highest BCUT2D eigenvalue weighted by molar-refractivity contribution is 7.86. The highest BCUT2D eigenvalue weighted by atomic mass is 32.2. The van der Waals surface area contributed by atoms with Crippen LogP contribution in [-0.4, -0.2) is 44.0 Å². The lowest BCUT2D eigenvalue weighted by molar-refractivity contribution is 0.0588. The van der Waals surface area contributed by atoms with Gasteiger partial charge in [-0.25, -0.2) is 0 Å². The summed E-state index contributed by atoms with van der Waals surface area (Å²) < 4.78 is 27.5. The van der Waals surface area contributed by atoms with E-state index < -0.39 is 21.9 Å². The van der Waals surface area contributed by atoms with Gasteiger partial charge in [-0.1, -0.05) is 24.3 Å². The molecule has 0 aromatic heterocycles. The van der Waals surface area contributed by atoms with E-state index in [4.69, 9.17) is 4.18 Å². The zero-order valence-electron chi connectivity index (χ0n) is 12.5. The zero-order chi connectivity index (χ0) is 16.6. The van der Waals surface area contributed by atoms with Gasteiger partial charge in [-0.2, -0.15) is 8.42 Å². The maximum Gasteiger partial charge on any atom is 0.267 e. The van der Waals surface area contributed by atoms with Crippen LogP contribution in [0.2, 0.25) is 0 Å². The molecule has 23 heavy (non-hydrogen) atoms. The van der Waals surface area contributed by atoms with Gasteiger partial charge >= 0.3 is 0 Å². The SMILES string of the molecule is CCS(=O)(=O)OCCN1C(=O)c2cccc3cccc(c23)C1=O. The minimum Gasteiger partial charge on any atom is -0.272 e. The van der Waals surface area contributed by atoms with Crippen LogP contribution in [-0.2, 0) is 14.3 Å². The fourth-order valence-corrected chi connectivity index (χ4v) is 3.12. The number of nitrogens with zero attached hydrogens (tertiary/aromatic N) is 1. The standard InChI is InChI=1S/C16H15NO5S/c1-2-23(20,21)22-10-9-17-15(18)12-7-3-5-11-6-4-8-13(14(11)12)16(17)19/h3-8H,2,9-10H2,1H3. The molecule has 0 unspecified atom stereocenters. The third-order valence-corrected chi connectivity index (χ3v) is 5.02. The van der Waals surface area contributed by atoms with Crippen LogP contribution in [0.3, 0.4) is 0 Å². The lowest BCUT2D eigenvalue weighted by Gasteiger charge is -2.26. The molecule has 0 bridgehead atoms. The largest absolute Gasteiger partial charge is 0.272 e. The van der Waals surface area contributed by atoms with Crippen molar-refractivity contribution in [1.82, 2.24) is 4.90 Å². The van der Waals surface area contributed by atoms with Crippen LogP contribution in [0.1, 0.15) is 27.6 Å². The molecule has 0 N–H and O–H groups in total. The second-order valence-electron chi connectivity index (χ2n) is 5.14. The van der Waals surface area contributed by atoms with Gasteiger partial charge in [0.05, 0.1) is 18.9 Å². The minimum absolute atomic E-state index is 0.110. The van der Waals surface area contributed by atoms with Gasteiger partial charge in [0.1, 0.15) is 0 Å². The summed E-state index contributed by atoms with van der Waals surface area (Å²) in [5, 5.41) is 1.47. The van der Waals surface area contributed by atoms with Crippen molar-refractivity contribution in [2.24, 2.45) is 0 Å². The average molecular weight is 333 g/mol. The van der Waals surface area contributed by atoms with Gasteiger partial charge in [0.25, 0.3) is 21.9 Å². The number of carbonyl (C=O) groups excluding carboxylic acids is 2. The molecule has 0 atom stereocenters. The summed E-state index contributed by atoms with van der Waals surface area (Å²) in [5.74, 6) is -1.02. The van der Waals surface area contributed by atoms with Crippen LogP contribution >= 0.6 is 0 Å². The number of imide groups is 1. The molecule has 0 saturated heterocycles. The zero-order valence-corrected chi connectivity index (χ0v) is 13.3. The Kier molecular flexibility index (Phi) is 3.91. The molecule has 0 fully saturated rings. The van der Waals surface area contributed by atoms with Crippen molar-refractivity contribution >= 4 is 32.7 Å². The average Bonchev–Trinajstić information content (AvgIpc) is 2.55. The Bertz CT molecular complexity index is 853. The maximum atomic E-state index is 12.5. The normalized spacial score (nSPS) is 14.6. The van der Waals surface area contributed by atoms with E-state index >= 15 is 0 Å². The topological polar surface area (TPSA) is 80.8 Å². The lowest BCUT2D eigenvalue weighted by Crippen LogP contribution is -2.42. The van der Waals surface area contributed by atoms with Crippen molar-refractivity contribution in [1.29, 1.82) is 0 Å². The molecule has 0 radical (unpaired) electrons. The van der Waals surface area contributed by atoms with Crippen molar-refractivity contribution < 1.29 is 22.2 Å². The van der Waals surface area contributed by atoms with Crippen LogP contribution in [0, 0.1) is 0 Å². The molecule has 6 nitrogen and oxygen atoms in total. The maximum absolute atomic E-state index is 12.5. The fourth-order valence-electron chi connectivity index (χ4n) is 2.62. The van der Waals surface area contributed by atoms with Gasteiger partial charge in [0.15, 0.2) is 0 Å². The van der Waals surface area contributed by atoms with Crippen LogP contribution in [0.4, 0.5) is 0 Å². The smallest absolute Gasteiger partial charge is 0.267 e. The molecule has 0 aliphatic carbocycles. The van der Waals surface area contributed by atoms with Crippen molar-refractivity contribution in [2.75, 3.05) is 18.9 Å². The van der Waals surface area contributed by atoms with Crippen LogP contribution in [0.5, 0.6) is 0 Å². The van der Waals surface area contributed by atoms with E-state index in [0.717, 1.165) is 10.3 Å². The summed E-state index contributed by atoms with van der Waals surface area (Å²) in [6.45, 7) is 1.11. The first-order chi connectivity index (χ1) is 10.9. The first-order valence-electron chi connectivity index (χ1n) is 7.19. The predicted octanol–water partition coefficient (Wildman–Crippen LogP) is 1.80. The number of amides is 2. The molecule has 7 heteroatoms. The first-order valence-corrected chi connectivity index (χ1v) is 8.77. The number of hydrogen-bond donors (Lipinski definition) is 0.